The maximum atomic E-state index is 13.5. The van der Waals surface area contributed by atoms with E-state index >= 15 is 0 Å². The minimum absolute atomic E-state index is 0.169. The van der Waals surface area contributed by atoms with Gasteiger partial charge >= 0.3 is 5.97 Å². The zero-order valence-electron chi connectivity index (χ0n) is 24.0. The zero-order valence-corrected chi connectivity index (χ0v) is 26.4. The van der Waals surface area contributed by atoms with Gasteiger partial charge in [0.05, 0.1) is 34.5 Å². The lowest BCUT2D eigenvalue weighted by Crippen LogP contribution is -2.25. The highest BCUT2D eigenvalue weighted by Gasteiger charge is 2.29. The highest BCUT2D eigenvalue weighted by Crippen LogP contribution is 2.39. The molecular weight excluding hydrogens is 591 g/mol. The normalized spacial score (nSPS) is 13.3. The first-order valence-corrected chi connectivity index (χ1v) is 16.5. The van der Waals surface area contributed by atoms with Gasteiger partial charge in [0, 0.05) is 4.88 Å². The molecule has 3 aromatic heterocycles. The number of carbonyl (C=O) groups excluding carboxylic acids is 3. The summed E-state index contributed by atoms with van der Waals surface area (Å²) in [5, 5.41) is 17.2. The average Bonchev–Trinajstić information content (AvgIpc) is 3.72. The fourth-order valence-corrected chi connectivity index (χ4v) is 7.66. The van der Waals surface area contributed by atoms with Crippen molar-refractivity contribution in [2.24, 2.45) is 0 Å². The standard InChI is InChI=1S/C30H33N5O4S3/c1-5-39-29(38)25-20-11-6-7-13-22(20)42-28(25)32-26(36)19(4)41-30-34-33-24(16-31-27(37)23-14-9-15-40-23)35(30)21-12-8-10-17(2)18(21)3/h8-10,12,14-15,19H,5-7,11,13,16H2,1-4H3,(H,31,37)(H,32,36)/t19-/m1/s1. The second-order valence-corrected chi connectivity index (χ2v) is 13.4. The zero-order chi connectivity index (χ0) is 29.8. The molecule has 1 atom stereocenters. The third-order valence-corrected chi connectivity index (χ3v) is 10.3. The predicted octanol–water partition coefficient (Wildman–Crippen LogP) is 6.11. The molecule has 0 radical (unpaired) electrons. The number of anilines is 1. The topological polar surface area (TPSA) is 115 Å². The Balaban J connectivity index is 1.40. The molecule has 5 rings (SSSR count). The molecule has 1 aliphatic carbocycles. The summed E-state index contributed by atoms with van der Waals surface area (Å²) in [7, 11) is 0. The number of benzene rings is 1. The Morgan fingerprint density at radius 2 is 1.93 bits per heavy atom. The number of aryl methyl sites for hydroxylation is 2. The molecule has 0 saturated heterocycles. The highest BCUT2D eigenvalue weighted by atomic mass is 32.2. The molecule has 9 nitrogen and oxygen atoms in total. The van der Waals surface area contributed by atoms with Crippen LogP contribution < -0.4 is 10.6 Å². The van der Waals surface area contributed by atoms with Crippen LogP contribution in [-0.2, 0) is 28.9 Å². The van der Waals surface area contributed by atoms with E-state index < -0.39 is 11.2 Å². The third-order valence-electron chi connectivity index (χ3n) is 7.21. The van der Waals surface area contributed by atoms with Gasteiger partial charge in [-0.2, -0.15) is 0 Å². The number of nitrogens with one attached hydrogen (secondary N) is 2. The molecule has 0 aliphatic heterocycles. The van der Waals surface area contributed by atoms with Crippen LogP contribution in [0.25, 0.3) is 5.69 Å². The minimum Gasteiger partial charge on any atom is -0.462 e. The van der Waals surface area contributed by atoms with Crippen molar-refractivity contribution in [3.63, 3.8) is 0 Å². The van der Waals surface area contributed by atoms with E-state index in [1.54, 1.807) is 19.9 Å². The number of nitrogens with zero attached hydrogens (tertiary/aromatic N) is 3. The quantitative estimate of drug-likeness (QED) is 0.162. The molecule has 2 N–H and O–H groups in total. The Bertz CT molecular complexity index is 1610. The van der Waals surface area contributed by atoms with Crippen LogP contribution in [0.15, 0.2) is 40.9 Å². The molecule has 0 bridgehead atoms. The van der Waals surface area contributed by atoms with Crippen molar-refractivity contribution in [3.05, 3.63) is 73.5 Å². The fourth-order valence-electron chi connectivity index (χ4n) is 4.86. The lowest BCUT2D eigenvalue weighted by atomic mass is 9.95. The summed E-state index contributed by atoms with van der Waals surface area (Å²) in [6.07, 6.45) is 3.79. The number of fused-ring (bicyclic) bond motifs is 1. The summed E-state index contributed by atoms with van der Waals surface area (Å²) in [5.74, 6) is -0.263. The van der Waals surface area contributed by atoms with Crippen LogP contribution in [-0.4, -0.2) is 44.4 Å². The monoisotopic (exact) mass is 623 g/mol. The Morgan fingerprint density at radius 3 is 2.69 bits per heavy atom. The van der Waals surface area contributed by atoms with Crippen molar-refractivity contribution in [1.29, 1.82) is 0 Å². The van der Waals surface area contributed by atoms with Gasteiger partial charge < -0.3 is 15.4 Å². The van der Waals surface area contributed by atoms with E-state index in [0.29, 0.717) is 26.4 Å². The van der Waals surface area contributed by atoms with Crippen LogP contribution >= 0.6 is 34.4 Å². The molecule has 0 saturated carbocycles. The lowest BCUT2D eigenvalue weighted by molar-refractivity contribution is -0.115. The molecule has 0 spiro atoms. The van der Waals surface area contributed by atoms with Crippen molar-refractivity contribution >= 4 is 57.2 Å². The van der Waals surface area contributed by atoms with Gasteiger partial charge in [-0.3, -0.25) is 14.2 Å². The Labute approximate surface area is 257 Å². The van der Waals surface area contributed by atoms with Crippen LogP contribution in [0.5, 0.6) is 0 Å². The number of hydrogen-bond acceptors (Lipinski definition) is 9. The Kier molecular flexibility index (Phi) is 9.44. The van der Waals surface area contributed by atoms with Gasteiger partial charge in [-0.25, -0.2) is 4.79 Å². The van der Waals surface area contributed by atoms with Crippen LogP contribution in [0.1, 0.15) is 74.1 Å². The van der Waals surface area contributed by atoms with Gasteiger partial charge in [-0.1, -0.05) is 30.0 Å². The lowest BCUT2D eigenvalue weighted by Gasteiger charge is -2.16. The van der Waals surface area contributed by atoms with Crippen LogP contribution in [0, 0.1) is 13.8 Å². The molecule has 12 heteroatoms. The molecule has 0 unspecified atom stereocenters. The van der Waals surface area contributed by atoms with E-state index in [2.05, 4.69) is 20.8 Å². The molecule has 1 aliphatic rings. The SMILES string of the molecule is CCOC(=O)c1c(NC(=O)[C@@H](C)Sc2nnc(CNC(=O)c3cccs3)n2-c2cccc(C)c2C)sc2c1CCCC2. The molecule has 42 heavy (non-hydrogen) atoms. The number of esters is 1. The maximum absolute atomic E-state index is 13.5. The Hall–Kier alpha value is -3.48. The van der Waals surface area contributed by atoms with Crippen LogP contribution in [0.2, 0.25) is 0 Å². The van der Waals surface area contributed by atoms with Gasteiger partial charge in [0.1, 0.15) is 5.00 Å². The summed E-state index contributed by atoms with van der Waals surface area (Å²) in [4.78, 5) is 40.8. The van der Waals surface area contributed by atoms with E-state index in [-0.39, 0.29) is 25.0 Å². The molecule has 2 amide bonds. The molecular formula is C30H33N5O4S3. The summed E-state index contributed by atoms with van der Waals surface area (Å²) >= 11 is 4.11. The van der Waals surface area contributed by atoms with Crippen molar-refractivity contribution in [2.45, 2.75) is 70.3 Å². The van der Waals surface area contributed by atoms with Crippen LogP contribution in [0.4, 0.5) is 5.00 Å². The first kappa shape index (κ1) is 30.0. The summed E-state index contributed by atoms with van der Waals surface area (Å²) in [5.41, 5.74) is 4.52. The number of aromatic nitrogens is 3. The number of hydrogen-bond donors (Lipinski definition) is 2. The minimum atomic E-state index is -0.555. The maximum Gasteiger partial charge on any atom is 0.341 e. The first-order valence-electron chi connectivity index (χ1n) is 13.9. The fraction of sp³-hybridized carbons (Fsp3) is 0.367. The van der Waals surface area contributed by atoms with Gasteiger partial charge in [-0.05, 0) is 87.6 Å². The van der Waals surface area contributed by atoms with E-state index in [0.717, 1.165) is 52.9 Å². The number of amides is 2. The summed E-state index contributed by atoms with van der Waals surface area (Å²) < 4.78 is 7.24. The van der Waals surface area contributed by atoms with Crippen molar-refractivity contribution in [2.75, 3.05) is 11.9 Å². The highest BCUT2D eigenvalue weighted by molar-refractivity contribution is 8.00. The molecule has 220 valence electrons. The van der Waals surface area contributed by atoms with E-state index in [1.807, 2.05) is 48.1 Å². The average molecular weight is 624 g/mol. The van der Waals surface area contributed by atoms with Crippen molar-refractivity contribution in [3.8, 4) is 5.69 Å². The van der Waals surface area contributed by atoms with Gasteiger partial charge in [0.25, 0.3) is 5.91 Å². The third kappa shape index (κ3) is 6.30. The van der Waals surface area contributed by atoms with E-state index in [4.69, 9.17) is 4.74 Å². The number of thioether (sulfide) groups is 1. The molecule has 0 fully saturated rings. The smallest absolute Gasteiger partial charge is 0.341 e. The second-order valence-electron chi connectivity index (χ2n) is 10.00. The molecule has 3 heterocycles. The number of thiophene rings is 2. The van der Waals surface area contributed by atoms with Crippen molar-refractivity contribution in [1.82, 2.24) is 20.1 Å². The van der Waals surface area contributed by atoms with Gasteiger partial charge in [-0.15, -0.1) is 32.9 Å². The van der Waals surface area contributed by atoms with Crippen molar-refractivity contribution < 1.29 is 19.1 Å². The largest absolute Gasteiger partial charge is 0.462 e. The number of rotatable bonds is 10. The Morgan fingerprint density at radius 1 is 1.12 bits per heavy atom. The number of carbonyl (C=O) groups is 3. The number of ether oxygens (including phenoxy) is 1. The second kappa shape index (κ2) is 13.2. The van der Waals surface area contributed by atoms with Gasteiger partial charge in [0.15, 0.2) is 11.0 Å². The van der Waals surface area contributed by atoms with Crippen LogP contribution in [0.3, 0.4) is 0 Å². The molecule has 1 aromatic carbocycles. The summed E-state index contributed by atoms with van der Waals surface area (Å²) in [6.45, 7) is 8.08. The van der Waals surface area contributed by atoms with E-state index in [9.17, 15) is 14.4 Å². The van der Waals surface area contributed by atoms with E-state index in [1.165, 1.54) is 34.4 Å². The van der Waals surface area contributed by atoms with Gasteiger partial charge in [0.2, 0.25) is 5.91 Å². The predicted molar refractivity (Wildman–Crippen MR) is 167 cm³/mol. The molecule has 4 aromatic rings. The summed E-state index contributed by atoms with van der Waals surface area (Å²) in [6, 6.07) is 9.58. The first-order chi connectivity index (χ1) is 20.3.